The second kappa shape index (κ2) is 9.53. The number of carbonyl (C=O) groups is 3. The molecule has 7 nitrogen and oxygen atoms in total. The Morgan fingerprint density at radius 1 is 1.26 bits per heavy atom. The maximum absolute atomic E-state index is 14.0. The maximum atomic E-state index is 14.0. The number of benzene rings is 1. The zero-order valence-corrected chi connectivity index (χ0v) is 21.6. The summed E-state index contributed by atoms with van der Waals surface area (Å²) in [5, 5.41) is 16.3. The zero-order chi connectivity index (χ0) is 24.8. The van der Waals surface area contributed by atoms with E-state index in [1.807, 2.05) is 45.9 Å². The molecule has 34 heavy (non-hydrogen) atoms. The summed E-state index contributed by atoms with van der Waals surface area (Å²) in [4.78, 5) is 42.8. The van der Waals surface area contributed by atoms with Gasteiger partial charge in [-0.25, -0.2) is 0 Å². The van der Waals surface area contributed by atoms with Gasteiger partial charge in [0.25, 0.3) is 0 Å². The Bertz CT molecular complexity index is 981. The average molecular weight is 488 g/mol. The molecule has 1 spiro atoms. The lowest BCUT2D eigenvalue weighted by atomic mass is 9.66. The van der Waals surface area contributed by atoms with Crippen LogP contribution in [-0.2, 0) is 14.4 Å². The topological polar surface area (TPSA) is 98.7 Å². The molecule has 8 heteroatoms. The second-order valence-corrected chi connectivity index (χ2v) is 11.7. The van der Waals surface area contributed by atoms with Crippen molar-refractivity contribution < 1.29 is 19.5 Å². The van der Waals surface area contributed by atoms with Crippen molar-refractivity contribution in [3.8, 4) is 0 Å². The van der Waals surface area contributed by atoms with Crippen LogP contribution in [0.3, 0.4) is 0 Å². The lowest BCUT2D eigenvalue weighted by molar-refractivity contribution is -0.142. The monoisotopic (exact) mass is 487 g/mol. The van der Waals surface area contributed by atoms with Crippen LogP contribution >= 0.6 is 11.8 Å². The number of amides is 3. The molecule has 3 aliphatic rings. The smallest absolute Gasteiger partial charge is 0.248 e. The highest BCUT2D eigenvalue weighted by Crippen LogP contribution is 2.68. The standard InChI is InChI=1S/C26H37N3O4S/c1-6-10-27-23(31)20-19-12-16(5)26(34-19)21(20)25(33)29(17(7-2)13-30)22(26)24(32)28-18-11-14(3)8-9-15(18)4/h8-9,11,16-17,19-22,30H,6-7,10,12-13H2,1-5H3,(H,27,31)(H,28,32)/t16?,17-,19-,20+,21-,22?,26?/m0/s1. The molecule has 0 aromatic heterocycles. The van der Waals surface area contributed by atoms with Crippen molar-refractivity contribution in [2.24, 2.45) is 17.8 Å². The van der Waals surface area contributed by atoms with Crippen molar-refractivity contribution in [3.63, 3.8) is 0 Å². The van der Waals surface area contributed by atoms with Gasteiger partial charge in [-0.1, -0.05) is 32.9 Å². The first-order valence-corrected chi connectivity index (χ1v) is 13.4. The van der Waals surface area contributed by atoms with Gasteiger partial charge in [-0.15, -0.1) is 11.8 Å². The largest absolute Gasteiger partial charge is 0.394 e. The van der Waals surface area contributed by atoms with E-state index < -0.39 is 28.7 Å². The van der Waals surface area contributed by atoms with E-state index in [0.29, 0.717) is 13.0 Å². The summed E-state index contributed by atoms with van der Waals surface area (Å²) in [6.07, 6.45) is 2.16. The fraction of sp³-hybridized carbons (Fsp3) is 0.654. The predicted octanol–water partition coefficient (Wildman–Crippen LogP) is 2.88. The first-order valence-electron chi connectivity index (χ1n) is 12.5. The molecule has 2 bridgehead atoms. The molecular formula is C26H37N3O4S. The number of rotatable bonds is 8. The average Bonchev–Trinajstić information content (AvgIpc) is 3.39. The number of nitrogens with zero attached hydrogens (tertiary/aromatic N) is 1. The van der Waals surface area contributed by atoms with E-state index in [1.165, 1.54) is 0 Å². The highest BCUT2D eigenvalue weighted by Gasteiger charge is 2.76. The number of thioether (sulfide) groups is 1. The Kier molecular flexibility index (Phi) is 7.02. The molecule has 3 saturated heterocycles. The lowest BCUT2D eigenvalue weighted by Gasteiger charge is -2.40. The molecule has 4 rings (SSSR count). The molecule has 186 valence electrons. The number of hydrogen-bond donors (Lipinski definition) is 3. The summed E-state index contributed by atoms with van der Waals surface area (Å²) in [6.45, 7) is 10.3. The fourth-order valence-corrected chi connectivity index (χ4v) is 8.71. The Balaban J connectivity index is 1.77. The molecule has 0 aliphatic carbocycles. The molecule has 3 heterocycles. The Hall–Kier alpha value is -2.06. The quantitative estimate of drug-likeness (QED) is 0.524. The summed E-state index contributed by atoms with van der Waals surface area (Å²) in [5.74, 6) is -1.39. The molecule has 3 fully saturated rings. The van der Waals surface area contributed by atoms with Crippen molar-refractivity contribution in [2.75, 3.05) is 18.5 Å². The molecule has 1 aromatic rings. The fourth-order valence-electron chi connectivity index (χ4n) is 6.30. The van der Waals surface area contributed by atoms with Crippen molar-refractivity contribution in [2.45, 2.75) is 76.0 Å². The van der Waals surface area contributed by atoms with Gasteiger partial charge in [-0.05, 0) is 56.2 Å². The summed E-state index contributed by atoms with van der Waals surface area (Å²) in [7, 11) is 0. The van der Waals surface area contributed by atoms with E-state index in [0.717, 1.165) is 29.7 Å². The van der Waals surface area contributed by atoms with Crippen LogP contribution in [0.4, 0.5) is 5.69 Å². The van der Waals surface area contributed by atoms with Crippen LogP contribution in [0.5, 0.6) is 0 Å². The number of fused-ring (bicyclic) bond motifs is 1. The van der Waals surface area contributed by atoms with Crippen molar-refractivity contribution in [1.29, 1.82) is 0 Å². The third kappa shape index (κ3) is 3.73. The van der Waals surface area contributed by atoms with E-state index in [4.69, 9.17) is 0 Å². The van der Waals surface area contributed by atoms with E-state index in [-0.39, 0.29) is 35.5 Å². The molecule has 0 saturated carbocycles. The Morgan fingerprint density at radius 2 is 2.00 bits per heavy atom. The molecule has 3 amide bonds. The van der Waals surface area contributed by atoms with Gasteiger partial charge in [0.15, 0.2) is 0 Å². The van der Waals surface area contributed by atoms with E-state index >= 15 is 0 Å². The number of aliphatic hydroxyl groups is 1. The van der Waals surface area contributed by atoms with Crippen LogP contribution in [0.15, 0.2) is 18.2 Å². The Labute approximate surface area is 206 Å². The highest BCUT2D eigenvalue weighted by molar-refractivity contribution is 8.02. The first kappa shape index (κ1) is 25.0. The summed E-state index contributed by atoms with van der Waals surface area (Å²) < 4.78 is -0.680. The van der Waals surface area contributed by atoms with Crippen molar-refractivity contribution in [1.82, 2.24) is 10.2 Å². The summed E-state index contributed by atoms with van der Waals surface area (Å²) in [5.41, 5.74) is 2.72. The molecule has 3 unspecified atom stereocenters. The van der Waals surface area contributed by atoms with Crippen LogP contribution in [0, 0.1) is 31.6 Å². The predicted molar refractivity (Wildman–Crippen MR) is 135 cm³/mol. The third-order valence-electron chi connectivity index (χ3n) is 8.01. The van der Waals surface area contributed by atoms with E-state index in [9.17, 15) is 19.5 Å². The summed E-state index contributed by atoms with van der Waals surface area (Å²) >= 11 is 1.66. The van der Waals surface area contributed by atoms with E-state index in [1.54, 1.807) is 16.7 Å². The maximum Gasteiger partial charge on any atom is 0.248 e. The van der Waals surface area contributed by atoms with Crippen LogP contribution < -0.4 is 10.6 Å². The Morgan fingerprint density at radius 3 is 2.65 bits per heavy atom. The van der Waals surface area contributed by atoms with Gasteiger partial charge in [0.2, 0.25) is 17.7 Å². The zero-order valence-electron chi connectivity index (χ0n) is 20.8. The number of likely N-dealkylation sites (tertiary alicyclic amines) is 1. The van der Waals surface area contributed by atoms with E-state index in [2.05, 4.69) is 17.6 Å². The van der Waals surface area contributed by atoms with Gasteiger partial charge < -0.3 is 20.6 Å². The van der Waals surface area contributed by atoms with Crippen LogP contribution in [-0.4, -0.2) is 63.0 Å². The number of carbonyl (C=O) groups excluding carboxylic acids is 3. The van der Waals surface area contributed by atoms with Crippen molar-refractivity contribution >= 4 is 35.2 Å². The minimum atomic E-state index is -0.740. The van der Waals surface area contributed by atoms with Crippen LogP contribution in [0.2, 0.25) is 0 Å². The van der Waals surface area contributed by atoms with Gasteiger partial charge in [-0.2, -0.15) is 0 Å². The second-order valence-electron chi connectivity index (χ2n) is 10.1. The number of aryl methyl sites for hydroxylation is 2. The molecule has 1 aromatic carbocycles. The van der Waals surface area contributed by atoms with Gasteiger partial charge in [0, 0.05) is 17.5 Å². The van der Waals surface area contributed by atoms with Gasteiger partial charge in [0.1, 0.15) is 6.04 Å². The number of nitrogens with one attached hydrogen (secondary N) is 2. The summed E-state index contributed by atoms with van der Waals surface area (Å²) in [6, 6.07) is 4.71. The van der Waals surface area contributed by atoms with Crippen LogP contribution in [0.25, 0.3) is 0 Å². The number of hydrogen-bond acceptors (Lipinski definition) is 5. The van der Waals surface area contributed by atoms with Gasteiger partial charge >= 0.3 is 0 Å². The number of aliphatic hydroxyl groups excluding tert-OH is 1. The minimum Gasteiger partial charge on any atom is -0.394 e. The van der Waals surface area contributed by atoms with Crippen molar-refractivity contribution in [3.05, 3.63) is 29.3 Å². The van der Waals surface area contributed by atoms with Gasteiger partial charge in [0.05, 0.1) is 29.2 Å². The van der Waals surface area contributed by atoms with Gasteiger partial charge in [-0.3, -0.25) is 14.4 Å². The molecule has 3 N–H and O–H groups in total. The minimum absolute atomic E-state index is 0.0214. The third-order valence-corrected chi connectivity index (χ3v) is 10.1. The number of anilines is 1. The molecule has 7 atom stereocenters. The first-order chi connectivity index (χ1) is 16.2. The lowest BCUT2D eigenvalue weighted by Crippen LogP contribution is -2.57. The molecular weight excluding hydrogens is 450 g/mol. The van der Waals surface area contributed by atoms with Crippen LogP contribution in [0.1, 0.15) is 51.2 Å². The molecule has 0 radical (unpaired) electrons. The normalized spacial score (nSPS) is 32.6. The SMILES string of the molecule is CCCNC(=O)[C@@H]1[C@@H]2CC(C)C3(S2)C(C(=O)Nc2cc(C)ccc2C)N([C@@H](CC)CO)C(=O)[C@H]13. The highest BCUT2D eigenvalue weighted by atomic mass is 32.2. The molecule has 3 aliphatic heterocycles.